The van der Waals surface area contributed by atoms with Crippen molar-refractivity contribution < 1.29 is 0 Å². The quantitative estimate of drug-likeness (QED) is 0.884. The van der Waals surface area contributed by atoms with E-state index >= 15 is 0 Å². The number of rotatable bonds is 4. The SMILES string of the molecule is CCC1(CC)CN(Cc2ccn(C)n2)CCCN1. The van der Waals surface area contributed by atoms with Crippen LogP contribution in [0.15, 0.2) is 12.3 Å². The van der Waals surface area contributed by atoms with Crippen LogP contribution in [0.2, 0.25) is 0 Å². The van der Waals surface area contributed by atoms with Gasteiger partial charge in [0.1, 0.15) is 0 Å². The lowest BCUT2D eigenvalue weighted by Gasteiger charge is -2.35. The molecule has 4 nitrogen and oxygen atoms in total. The zero-order chi connectivity index (χ0) is 13.0. The Bertz CT molecular complexity index is 368. The van der Waals surface area contributed by atoms with Crippen LogP contribution in [0.1, 0.15) is 38.8 Å². The molecule has 1 aliphatic rings. The summed E-state index contributed by atoms with van der Waals surface area (Å²) in [6.07, 6.45) is 5.65. The molecule has 0 aromatic carbocycles. The van der Waals surface area contributed by atoms with Gasteiger partial charge in [0.25, 0.3) is 0 Å². The molecule has 1 aliphatic heterocycles. The number of hydrogen-bond donors (Lipinski definition) is 1. The number of hydrogen-bond acceptors (Lipinski definition) is 3. The van der Waals surface area contributed by atoms with Crippen molar-refractivity contribution in [1.29, 1.82) is 0 Å². The van der Waals surface area contributed by atoms with Gasteiger partial charge in [0.2, 0.25) is 0 Å². The van der Waals surface area contributed by atoms with Gasteiger partial charge < -0.3 is 5.32 Å². The van der Waals surface area contributed by atoms with E-state index < -0.39 is 0 Å². The maximum absolute atomic E-state index is 4.49. The predicted molar refractivity (Wildman–Crippen MR) is 74.4 cm³/mol. The van der Waals surface area contributed by atoms with Gasteiger partial charge >= 0.3 is 0 Å². The predicted octanol–water partition coefficient (Wildman–Crippen LogP) is 1.77. The number of aryl methyl sites for hydroxylation is 1. The molecule has 0 radical (unpaired) electrons. The molecule has 1 N–H and O–H groups in total. The molecule has 0 saturated carbocycles. The van der Waals surface area contributed by atoms with Crippen molar-refractivity contribution in [2.24, 2.45) is 7.05 Å². The minimum Gasteiger partial charge on any atom is -0.310 e. The molecule has 0 spiro atoms. The monoisotopic (exact) mass is 250 g/mol. The molecule has 1 fully saturated rings. The fourth-order valence-corrected chi connectivity index (χ4v) is 2.85. The third-order valence-electron chi connectivity index (χ3n) is 4.19. The molecule has 1 aromatic rings. The second kappa shape index (κ2) is 5.85. The van der Waals surface area contributed by atoms with E-state index in [2.05, 4.69) is 35.2 Å². The van der Waals surface area contributed by atoms with Crippen molar-refractivity contribution in [3.05, 3.63) is 18.0 Å². The Kier molecular flexibility index (Phi) is 4.40. The second-order valence-corrected chi connectivity index (χ2v) is 5.46. The lowest BCUT2D eigenvalue weighted by atomic mass is 9.92. The van der Waals surface area contributed by atoms with Gasteiger partial charge in [0.15, 0.2) is 0 Å². The van der Waals surface area contributed by atoms with Crippen LogP contribution >= 0.6 is 0 Å². The Hall–Kier alpha value is -0.870. The van der Waals surface area contributed by atoms with Crippen molar-refractivity contribution in [1.82, 2.24) is 20.0 Å². The Morgan fingerprint density at radius 3 is 2.78 bits per heavy atom. The van der Waals surface area contributed by atoms with Crippen molar-refractivity contribution in [2.45, 2.75) is 45.2 Å². The van der Waals surface area contributed by atoms with Crippen LogP contribution in [0.3, 0.4) is 0 Å². The third kappa shape index (κ3) is 3.12. The number of aromatic nitrogens is 2. The van der Waals surface area contributed by atoms with Gasteiger partial charge in [0, 0.05) is 31.9 Å². The zero-order valence-electron chi connectivity index (χ0n) is 11.9. The minimum absolute atomic E-state index is 0.297. The molecule has 18 heavy (non-hydrogen) atoms. The summed E-state index contributed by atoms with van der Waals surface area (Å²) >= 11 is 0. The highest BCUT2D eigenvalue weighted by molar-refractivity contribution is 5.00. The van der Waals surface area contributed by atoms with E-state index in [-0.39, 0.29) is 0 Å². The smallest absolute Gasteiger partial charge is 0.0764 e. The van der Waals surface area contributed by atoms with Crippen molar-refractivity contribution in [3.63, 3.8) is 0 Å². The van der Waals surface area contributed by atoms with Gasteiger partial charge in [-0.3, -0.25) is 9.58 Å². The summed E-state index contributed by atoms with van der Waals surface area (Å²) < 4.78 is 1.89. The Morgan fingerprint density at radius 1 is 1.39 bits per heavy atom. The van der Waals surface area contributed by atoms with Gasteiger partial charge in [-0.05, 0) is 38.4 Å². The maximum atomic E-state index is 4.49. The second-order valence-electron chi connectivity index (χ2n) is 5.46. The van der Waals surface area contributed by atoms with E-state index in [1.54, 1.807) is 0 Å². The molecule has 1 saturated heterocycles. The lowest BCUT2D eigenvalue weighted by Crippen LogP contribution is -2.50. The standard InChI is InChI=1S/C14H26N4/c1-4-14(5-2)12-18(9-6-8-15-14)11-13-7-10-17(3)16-13/h7,10,15H,4-6,8-9,11-12H2,1-3H3. The van der Waals surface area contributed by atoms with Crippen LogP contribution in [-0.4, -0.2) is 39.9 Å². The number of nitrogens with zero attached hydrogens (tertiary/aromatic N) is 3. The first kappa shape index (κ1) is 13.6. The maximum Gasteiger partial charge on any atom is 0.0764 e. The Labute approximate surface area is 110 Å². The topological polar surface area (TPSA) is 33.1 Å². The molecule has 102 valence electrons. The largest absolute Gasteiger partial charge is 0.310 e. The summed E-state index contributed by atoms with van der Waals surface area (Å²) in [7, 11) is 1.98. The average molecular weight is 250 g/mol. The van der Waals surface area contributed by atoms with E-state index in [1.165, 1.54) is 31.5 Å². The molecular formula is C14H26N4. The van der Waals surface area contributed by atoms with Gasteiger partial charge in [-0.25, -0.2) is 0 Å². The fraction of sp³-hybridized carbons (Fsp3) is 0.786. The summed E-state index contributed by atoms with van der Waals surface area (Å²) in [4.78, 5) is 2.55. The molecule has 2 rings (SSSR count). The van der Waals surface area contributed by atoms with E-state index in [0.29, 0.717) is 5.54 Å². The minimum atomic E-state index is 0.297. The van der Waals surface area contributed by atoms with Crippen molar-refractivity contribution in [3.8, 4) is 0 Å². The highest BCUT2D eigenvalue weighted by atomic mass is 15.3. The van der Waals surface area contributed by atoms with E-state index in [4.69, 9.17) is 0 Å². The van der Waals surface area contributed by atoms with Gasteiger partial charge in [-0.1, -0.05) is 13.8 Å². The molecule has 0 atom stereocenters. The van der Waals surface area contributed by atoms with E-state index in [9.17, 15) is 0 Å². The third-order valence-corrected chi connectivity index (χ3v) is 4.19. The van der Waals surface area contributed by atoms with Crippen molar-refractivity contribution >= 4 is 0 Å². The average Bonchev–Trinajstić information content (AvgIpc) is 2.66. The summed E-state index contributed by atoms with van der Waals surface area (Å²) in [6, 6.07) is 2.12. The highest BCUT2D eigenvalue weighted by Crippen LogP contribution is 2.20. The molecule has 1 aromatic heterocycles. The first-order chi connectivity index (χ1) is 8.67. The summed E-state index contributed by atoms with van der Waals surface area (Å²) in [5, 5.41) is 8.24. The van der Waals surface area contributed by atoms with Crippen LogP contribution in [-0.2, 0) is 13.6 Å². The van der Waals surface area contributed by atoms with Crippen LogP contribution < -0.4 is 5.32 Å². The first-order valence-corrected chi connectivity index (χ1v) is 7.13. The normalized spacial score (nSPS) is 20.8. The van der Waals surface area contributed by atoms with Gasteiger partial charge in [-0.2, -0.15) is 5.10 Å². The van der Waals surface area contributed by atoms with Crippen LogP contribution in [0.4, 0.5) is 0 Å². The number of nitrogens with one attached hydrogen (secondary N) is 1. The van der Waals surface area contributed by atoms with E-state index in [0.717, 1.165) is 19.6 Å². The first-order valence-electron chi connectivity index (χ1n) is 7.13. The highest BCUT2D eigenvalue weighted by Gasteiger charge is 2.30. The molecule has 0 unspecified atom stereocenters. The lowest BCUT2D eigenvalue weighted by molar-refractivity contribution is 0.189. The van der Waals surface area contributed by atoms with Gasteiger partial charge in [0.05, 0.1) is 5.69 Å². The molecule has 0 aliphatic carbocycles. The van der Waals surface area contributed by atoms with Crippen LogP contribution in [0.25, 0.3) is 0 Å². The molecule has 0 amide bonds. The Balaban J connectivity index is 2.03. The molecule has 0 bridgehead atoms. The molecular weight excluding hydrogens is 224 g/mol. The molecule has 4 heteroatoms. The van der Waals surface area contributed by atoms with Gasteiger partial charge in [-0.15, -0.1) is 0 Å². The Morgan fingerprint density at radius 2 is 2.17 bits per heavy atom. The summed E-state index contributed by atoms with van der Waals surface area (Å²) in [6.45, 7) is 9.01. The zero-order valence-corrected chi connectivity index (χ0v) is 11.9. The van der Waals surface area contributed by atoms with Crippen LogP contribution in [0, 0.1) is 0 Å². The summed E-state index contributed by atoms with van der Waals surface area (Å²) in [5.41, 5.74) is 1.48. The van der Waals surface area contributed by atoms with E-state index in [1.807, 2.05) is 17.9 Å². The molecule has 2 heterocycles. The van der Waals surface area contributed by atoms with Crippen LogP contribution in [0.5, 0.6) is 0 Å². The summed E-state index contributed by atoms with van der Waals surface area (Å²) in [5.74, 6) is 0. The fourth-order valence-electron chi connectivity index (χ4n) is 2.85. The van der Waals surface area contributed by atoms with Crippen molar-refractivity contribution in [2.75, 3.05) is 19.6 Å².